The highest BCUT2D eigenvalue weighted by molar-refractivity contribution is 5.75. The number of ether oxygens (including phenoxy) is 2. The normalized spacial score (nSPS) is 12.7. The molecule has 0 rings (SSSR count). The monoisotopic (exact) mass is 273 g/mol. The number of carbonyl (C=O) groups excluding carboxylic acids is 1. The first-order chi connectivity index (χ1) is 9.11. The van der Waals surface area contributed by atoms with Crippen LogP contribution in [-0.2, 0) is 14.3 Å². The smallest absolute Gasteiger partial charge is 0.323 e. The largest absolute Gasteiger partial charge is 0.465 e. The molecular formula is C15H31NO3. The summed E-state index contributed by atoms with van der Waals surface area (Å²) in [4.78, 5) is 11.7. The Morgan fingerprint density at radius 2 is 1.89 bits per heavy atom. The maximum Gasteiger partial charge on any atom is 0.323 e. The molecule has 0 fully saturated rings. The molecule has 4 nitrogen and oxygen atoms in total. The summed E-state index contributed by atoms with van der Waals surface area (Å²) in [5.74, 6) is 0.559. The number of esters is 1. The maximum absolute atomic E-state index is 11.7. The summed E-state index contributed by atoms with van der Waals surface area (Å²) < 4.78 is 10.6. The lowest BCUT2D eigenvalue weighted by atomic mass is 10.1. The fourth-order valence-corrected chi connectivity index (χ4v) is 1.76. The van der Waals surface area contributed by atoms with Gasteiger partial charge < -0.3 is 14.8 Å². The second-order valence-corrected chi connectivity index (χ2v) is 5.20. The van der Waals surface area contributed by atoms with Crippen molar-refractivity contribution < 1.29 is 14.3 Å². The highest BCUT2D eigenvalue weighted by Crippen LogP contribution is 2.04. The van der Waals surface area contributed by atoms with E-state index in [1.54, 1.807) is 0 Å². The second-order valence-electron chi connectivity index (χ2n) is 5.20. The molecule has 0 aliphatic rings. The molecule has 1 N–H and O–H groups in total. The summed E-state index contributed by atoms with van der Waals surface area (Å²) in [6.07, 6.45) is 3.96. The summed E-state index contributed by atoms with van der Waals surface area (Å²) in [6, 6.07) is -0.231. The zero-order valence-electron chi connectivity index (χ0n) is 13.0. The summed E-state index contributed by atoms with van der Waals surface area (Å²) in [5, 5.41) is 3.21. The summed E-state index contributed by atoms with van der Waals surface area (Å²) in [7, 11) is 0. The Hall–Kier alpha value is -0.610. The van der Waals surface area contributed by atoms with E-state index in [4.69, 9.17) is 9.47 Å². The average Bonchev–Trinajstić information content (AvgIpc) is 2.36. The second kappa shape index (κ2) is 12.4. The molecule has 19 heavy (non-hydrogen) atoms. The van der Waals surface area contributed by atoms with Crippen LogP contribution >= 0.6 is 0 Å². The van der Waals surface area contributed by atoms with Gasteiger partial charge in [-0.25, -0.2) is 0 Å². The minimum atomic E-state index is -0.231. The van der Waals surface area contributed by atoms with Gasteiger partial charge in [-0.05, 0) is 45.1 Å². The van der Waals surface area contributed by atoms with Crippen molar-refractivity contribution >= 4 is 5.97 Å². The molecule has 0 saturated carbocycles. The Labute approximate surface area is 118 Å². The summed E-state index contributed by atoms with van der Waals surface area (Å²) in [6.45, 7) is 11.0. The minimum absolute atomic E-state index is 0.165. The Bertz CT molecular complexity index is 219. The summed E-state index contributed by atoms with van der Waals surface area (Å²) >= 11 is 0. The van der Waals surface area contributed by atoms with Crippen molar-refractivity contribution in [3.8, 4) is 0 Å². The van der Waals surface area contributed by atoms with E-state index in [1.165, 1.54) is 6.42 Å². The van der Waals surface area contributed by atoms with E-state index in [0.717, 1.165) is 31.9 Å². The van der Waals surface area contributed by atoms with Crippen molar-refractivity contribution in [3.63, 3.8) is 0 Å². The highest BCUT2D eigenvalue weighted by Gasteiger charge is 2.18. The van der Waals surface area contributed by atoms with E-state index in [2.05, 4.69) is 26.1 Å². The van der Waals surface area contributed by atoms with Gasteiger partial charge in [-0.2, -0.15) is 0 Å². The molecule has 0 aromatic rings. The van der Waals surface area contributed by atoms with Crippen molar-refractivity contribution in [1.82, 2.24) is 5.32 Å². The van der Waals surface area contributed by atoms with Gasteiger partial charge in [0.25, 0.3) is 0 Å². The van der Waals surface area contributed by atoms with Gasteiger partial charge in [0, 0.05) is 13.2 Å². The van der Waals surface area contributed by atoms with Gasteiger partial charge in [0.1, 0.15) is 6.04 Å². The van der Waals surface area contributed by atoms with Gasteiger partial charge in [0.2, 0.25) is 0 Å². The molecule has 0 saturated heterocycles. The molecule has 0 heterocycles. The van der Waals surface area contributed by atoms with Gasteiger partial charge >= 0.3 is 5.97 Å². The first-order valence-electron chi connectivity index (χ1n) is 7.59. The number of nitrogens with one attached hydrogen (secondary N) is 1. The van der Waals surface area contributed by atoms with Crippen LogP contribution in [0.15, 0.2) is 0 Å². The zero-order chi connectivity index (χ0) is 14.5. The van der Waals surface area contributed by atoms with Crippen LogP contribution in [0.25, 0.3) is 0 Å². The Morgan fingerprint density at radius 1 is 1.16 bits per heavy atom. The molecule has 0 aromatic heterocycles. The molecule has 0 aromatic carbocycles. The molecule has 1 atom stereocenters. The van der Waals surface area contributed by atoms with E-state index < -0.39 is 0 Å². The molecule has 1 unspecified atom stereocenters. The number of carbonyl (C=O) groups is 1. The molecular weight excluding hydrogens is 242 g/mol. The lowest BCUT2D eigenvalue weighted by Crippen LogP contribution is -2.39. The Morgan fingerprint density at radius 3 is 2.47 bits per heavy atom. The van der Waals surface area contributed by atoms with Crippen LogP contribution in [0.5, 0.6) is 0 Å². The quantitative estimate of drug-likeness (QED) is 0.439. The van der Waals surface area contributed by atoms with Crippen LogP contribution in [0.2, 0.25) is 0 Å². The lowest BCUT2D eigenvalue weighted by molar-refractivity contribution is -0.146. The standard InChI is InChI=1S/C15H31NO3/c1-5-10-16-14(15(17)19-6-2)9-12-18-11-7-8-13(3)4/h13-14,16H,5-12H2,1-4H3. The fraction of sp³-hybridized carbons (Fsp3) is 0.933. The molecule has 0 amide bonds. The third-order valence-corrected chi connectivity index (χ3v) is 2.83. The van der Waals surface area contributed by atoms with Crippen molar-refractivity contribution in [3.05, 3.63) is 0 Å². The third-order valence-electron chi connectivity index (χ3n) is 2.83. The van der Waals surface area contributed by atoms with Gasteiger partial charge in [-0.1, -0.05) is 20.8 Å². The van der Waals surface area contributed by atoms with Crippen molar-refractivity contribution in [2.75, 3.05) is 26.4 Å². The number of rotatable bonds is 12. The fourth-order valence-electron chi connectivity index (χ4n) is 1.76. The van der Waals surface area contributed by atoms with Gasteiger partial charge in [-0.15, -0.1) is 0 Å². The lowest BCUT2D eigenvalue weighted by Gasteiger charge is -2.17. The Kier molecular flexibility index (Phi) is 12.0. The molecule has 4 heteroatoms. The minimum Gasteiger partial charge on any atom is -0.465 e. The van der Waals surface area contributed by atoms with E-state index in [-0.39, 0.29) is 12.0 Å². The van der Waals surface area contributed by atoms with E-state index in [0.29, 0.717) is 19.6 Å². The maximum atomic E-state index is 11.7. The molecule has 0 aliphatic heterocycles. The van der Waals surface area contributed by atoms with Gasteiger partial charge in [0.15, 0.2) is 0 Å². The van der Waals surface area contributed by atoms with E-state index >= 15 is 0 Å². The predicted molar refractivity (Wildman–Crippen MR) is 78.2 cm³/mol. The van der Waals surface area contributed by atoms with Crippen LogP contribution in [0, 0.1) is 5.92 Å². The molecule has 0 radical (unpaired) electrons. The van der Waals surface area contributed by atoms with E-state index in [1.807, 2.05) is 6.92 Å². The van der Waals surface area contributed by atoms with Crippen LogP contribution in [0.3, 0.4) is 0 Å². The predicted octanol–water partition coefficient (Wildman–Crippen LogP) is 2.76. The molecule has 0 aliphatic carbocycles. The number of hydrogen-bond donors (Lipinski definition) is 1. The van der Waals surface area contributed by atoms with Crippen LogP contribution in [-0.4, -0.2) is 38.4 Å². The number of hydrogen-bond acceptors (Lipinski definition) is 4. The van der Waals surface area contributed by atoms with Crippen LogP contribution in [0.4, 0.5) is 0 Å². The first-order valence-corrected chi connectivity index (χ1v) is 7.59. The van der Waals surface area contributed by atoms with Crippen molar-refractivity contribution in [1.29, 1.82) is 0 Å². The van der Waals surface area contributed by atoms with Gasteiger partial charge in [-0.3, -0.25) is 4.79 Å². The van der Waals surface area contributed by atoms with Crippen LogP contribution in [0.1, 0.15) is 53.4 Å². The molecule has 0 spiro atoms. The highest BCUT2D eigenvalue weighted by atomic mass is 16.5. The van der Waals surface area contributed by atoms with Crippen molar-refractivity contribution in [2.24, 2.45) is 5.92 Å². The Balaban J connectivity index is 3.76. The molecule has 0 bridgehead atoms. The third kappa shape index (κ3) is 11.0. The van der Waals surface area contributed by atoms with Gasteiger partial charge in [0.05, 0.1) is 6.61 Å². The first kappa shape index (κ1) is 18.4. The summed E-state index contributed by atoms with van der Waals surface area (Å²) in [5.41, 5.74) is 0. The SMILES string of the molecule is CCCNC(CCOCCCC(C)C)C(=O)OCC. The van der Waals surface area contributed by atoms with Crippen LogP contribution < -0.4 is 5.32 Å². The zero-order valence-corrected chi connectivity index (χ0v) is 13.0. The average molecular weight is 273 g/mol. The topological polar surface area (TPSA) is 47.6 Å². The van der Waals surface area contributed by atoms with Crippen molar-refractivity contribution in [2.45, 2.75) is 59.4 Å². The van der Waals surface area contributed by atoms with E-state index in [9.17, 15) is 4.79 Å². The molecule has 114 valence electrons.